The van der Waals surface area contributed by atoms with Gasteiger partial charge in [-0.15, -0.1) is 0 Å². The Hall–Kier alpha value is -1.99. The molecule has 0 fully saturated rings. The maximum absolute atomic E-state index is 13.2. The van der Waals surface area contributed by atoms with E-state index in [1.54, 1.807) is 30.6 Å². The molecule has 0 bridgehead atoms. The van der Waals surface area contributed by atoms with E-state index in [1.807, 2.05) is 13.8 Å². The normalized spacial score (nSPS) is 10.9. The summed E-state index contributed by atoms with van der Waals surface area (Å²) in [5, 5.41) is 0. The summed E-state index contributed by atoms with van der Waals surface area (Å²) in [5.41, 5.74) is 2.21. The van der Waals surface area contributed by atoms with Gasteiger partial charge in [-0.25, -0.2) is 14.4 Å². The van der Waals surface area contributed by atoms with Crippen LogP contribution in [0.25, 0.3) is 11.3 Å². The van der Waals surface area contributed by atoms with E-state index in [4.69, 9.17) is 4.18 Å². The Morgan fingerprint density at radius 3 is 2.43 bits per heavy atom. The van der Waals surface area contributed by atoms with E-state index in [1.165, 1.54) is 12.1 Å². The fourth-order valence-electron chi connectivity index (χ4n) is 2.14. The maximum Gasteiger partial charge on any atom is 0.237 e. The third-order valence-electron chi connectivity index (χ3n) is 3.21. The van der Waals surface area contributed by atoms with Crippen LogP contribution in [0.15, 0.2) is 24.3 Å². The van der Waals surface area contributed by atoms with Crippen LogP contribution in [0.2, 0.25) is 0 Å². The number of carbonyl (C=O) groups is 1. The molecule has 0 aliphatic heterocycles. The molecule has 0 aliphatic carbocycles. The van der Waals surface area contributed by atoms with Crippen molar-refractivity contribution in [2.24, 2.45) is 0 Å². The Kier molecular flexibility index (Phi) is 5.68. The van der Waals surface area contributed by atoms with Gasteiger partial charge in [0.05, 0.1) is 24.1 Å². The van der Waals surface area contributed by atoms with E-state index in [-0.39, 0.29) is 11.7 Å². The Balaban J connectivity index is 2.66. The summed E-state index contributed by atoms with van der Waals surface area (Å²) in [7, 11) is 3.31. The van der Waals surface area contributed by atoms with Gasteiger partial charge in [-0.3, -0.25) is 13.3 Å². The predicted molar refractivity (Wildman–Crippen MR) is 89.9 cm³/mol. The van der Waals surface area contributed by atoms with Crippen LogP contribution in [0.4, 0.5) is 10.3 Å². The van der Waals surface area contributed by atoms with Crippen molar-refractivity contribution in [2.75, 3.05) is 18.5 Å². The Morgan fingerprint density at radius 1 is 1.26 bits per heavy atom. The molecule has 0 aliphatic rings. The van der Waals surface area contributed by atoms with Gasteiger partial charge < -0.3 is 0 Å². The lowest BCUT2D eigenvalue weighted by Crippen LogP contribution is -2.15. The molecule has 7 heteroatoms. The molecule has 1 heterocycles. The van der Waals surface area contributed by atoms with Crippen molar-refractivity contribution in [1.82, 2.24) is 9.97 Å². The maximum atomic E-state index is 13.2. The van der Waals surface area contributed by atoms with E-state index >= 15 is 0 Å². The van der Waals surface area contributed by atoms with E-state index < -0.39 is 0 Å². The van der Waals surface area contributed by atoms with Crippen LogP contribution in [0.1, 0.15) is 35.8 Å². The Bertz CT molecular complexity index is 692. The van der Waals surface area contributed by atoms with Crippen molar-refractivity contribution in [3.8, 4) is 11.3 Å². The van der Waals surface area contributed by atoms with Gasteiger partial charge in [0.15, 0.2) is 6.29 Å². The second-order valence-corrected chi connectivity index (χ2v) is 6.22. The standard InChI is InChI=1S/C16H18FN3O2S/c1-10(2)14-13(9-21)15(11-5-7-12(17)8-6-11)19-16(18-14)20(3)23-22-4/h5-10H,1-4H3. The second-order valence-electron chi connectivity index (χ2n) is 5.19. The molecule has 2 aromatic rings. The van der Waals surface area contributed by atoms with Gasteiger partial charge in [-0.05, 0) is 30.2 Å². The van der Waals surface area contributed by atoms with Crippen LogP contribution in [0.5, 0.6) is 0 Å². The average molecular weight is 335 g/mol. The zero-order valence-corrected chi connectivity index (χ0v) is 14.2. The SMILES string of the molecule is COSN(C)c1nc(-c2ccc(F)cc2)c(C=O)c(C(C)C)n1. The number of nitrogens with zero attached hydrogens (tertiary/aromatic N) is 3. The van der Waals surface area contributed by atoms with Gasteiger partial charge in [0.1, 0.15) is 18.0 Å². The lowest BCUT2D eigenvalue weighted by atomic mass is 9.99. The van der Waals surface area contributed by atoms with Crippen LogP contribution < -0.4 is 4.31 Å². The highest BCUT2D eigenvalue weighted by atomic mass is 32.2. The van der Waals surface area contributed by atoms with Gasteiger partial charge in [-0.2, -0.15) is 0 Å². The average Bonchev–Trinajstić information content (AvgIpc) is 2.54. The molecule has 23 heavy (non-hydrogen) atoms. The summed E-state index contributed by atoms with van der Waals surface area (Å²) in [4.78, 5) is 20.5. The number of rotatable bonds is 6. The zero-order valence-electron chi connectivity index (χ0n) is 13.4. The molecule has 0 saturated heterocycles. The smallest absolute Gasteiger partial charge is 0.237 e. The molecule has 1 aromatic heterocycles. The molecule has 2 rings (SSSR count). The Morgan fingerprint density at radius 2 is 1.91 bits per heavy atom. The minimum atomic E-state index is -0.341. The van der Waals surface area contributed by atoms with Gasteiger partial charge in [-0.1, -0.05) is 13.8 Å². The van der Waals surface area contributed by atoms with Crippen LogP contribution in [-0.2, 0) is 4.18 Å². The van der Waals surface area contributed by atoms with Crippen LogP contribution in [0.3, 0.4) is 0 Å². The quantitative estimate of drug-likeness (QED) is 0.454. The molecule has 0 radical (unpaired) electrons. The molecule has 0 saturated carbocycles. The van der Waals surface area contributed by atoms with Gasteiger partial charge in [0, 0.05) is 12.6 Å². The first kappa shape index (κ1) is 17.4. The largest absolute Gasteiger partial charge is 0.300 e. The summed E-state index contributed by atoms with van der Waals surface area (Å²) in [6.07, 6.45) is 0.751. The Labute approximate surface area is 139 Å². The minimum absolute atomic E-state index is 0.0390. The molecule has 0 spiro atoms. The van der Waals surface area contributed by atoms with Gasteiger partial charge >= 0.3 is 0 Å². The minimum Gasteiger partial charge on any atom is -0.300 e. The van der Waals surface area contributed by atoms with Crippen molar-refractivity contribution in [2.45, 2.75) is 19.8 Å². The summed E-state index contributed by atoms with van der Waals surface area (Å²) < 4.78 is 19.8. The van der Waals surface area contributed by atoms with Gasteiger partial charge in [0.25, 0.3) is 0 Å². The number of carbonyl (C=O) groups excluding carboxylic acids is 1. The van der Waals surface area contributed by atoms with Crippen molar-refractivity contribution in [1.29, 1.82) is 0 Å². The predicted octanol–water partition coefficient (Wildman–Crippen LogP) is 3.86. The van der Waals surface area contributed by atoms with Crippen molar-refractivity contribution in [3.63, 3.8) is 0 Å². The van der Waals surface area contributed by atoms with Crippen LogP contribution >= 0.6 is 12.2 Å². The van der Waals surface area contributed by atoms with E-state index in [2.05, 4.69) is 9.97 Å². The van der Waals surface area contributed by atoms with Crippen LogP contribution in [-0.4, -0.2) is 30.4 Å². The van der Waals surface area contributed by atoms with Gasteiger partial charge in [0.2, 0.25) is 5.95 Å². The lowest BCUT2D eigenvalue weighted by Gasteiger charge is -2.18. The van der Waals surface area contributed by atoms with Crippen molar-refractivity contribution >= 4 is 24.5 Å². The number of benzene rings is 1. The topological polar surface area (TPSA) is 55.3 Å². The van der Waals surface area contributed by atoms with E-state index in [0.29, 0.717) is 28.5 Å². The fraction of sp³-hybridized carbons (Fsp3) is 0.312. The summed E-state index contributed by atoms with van der Waals surface area (Å²) in [5.74, 6) is 0.120. The van der Waals surface area contributed by atoms with E-state index in [9.17, 15) is 9.18 Å². The number of aromatic nitrogens is 2. The van der Waals surface area contributed by atoms with Crippen molar-refractivity contribution in [3.05, 3.63) is 41.3 Å². The van der Waals surface area contributed by atoms with E-state index in [0.717, 1.165) is 18.5 Å². The van der Waals surface area contributed by atoms with Crippen LogP contribution in [0, 0.1) is 5.82 Å². The molecule has 0 amide bonds. The highest BCUT2D eigenvalue weighted by molar-refractivity contribution is 7.96. The number of hydrogen-bond donors (Lipinski definition) is 0. The fourth-order valence-corrected chi connectivity index (χ4v) is 2.52. The molecule has 122 valence electrons. The third kappa shape index (κ3) is 3.86. The lowest BCUT2D eigenvalue weighted by molar-refractivity contribution is 0.112. The first-order valence-corrected chi connectivity index (χ1v) is 7.75. The molecule has 1 aromatic carbocycles. The summed E-state index contributed by atoms with van der Waals surface area (Å²) in [6.45, 7) is 3.91. The monoisotopic (exact) mass is 335 g/mol. The third-order valence-corrected chi connectivity index (χ3v) is 3.75. The number of hydrogen-bond acceptors (Lipinski definition) is 6. The zero-order chi connectivity index (χ0) is 17.0. The number of aldehydes is 1. The molecule has 5 nitrogen and oxygen atoms in total. The molecule has 0 unspecified atom stereocenters. The number of halogens is 1. The van der Waals surface area contributed by atoms with Crippen molar-refractivity contribution < 1.29 is 13.4 Å². The highest BCUT2D eigenvalue weighted by Crippen LogP contribution is 2.30. The molecule has 0 atom stereocenters. The summed E-state index contributed by atoms with van der Waals surface area (Å²) >= 11 is 1.08. The summed E-state index contributed by atoms with van der Waals surface area (Å²) in [6, 6.07) is 5.88. The first-order valence-electron chi connectivity index (χ1n) is 7.05. The molecular formula is C16H18FN3O2S. The first-order chi connectivity index (χ1) is 11.0. The second kappa shape index (κ2) is 7.52. The molecular weight excluding hydrogens is 317 g/mol. The highest BCUT2D eigenvalue weighted by Gasteiger charge is 2.19. The number of anilines is 1. The molecule has 0 N–H and O–H groups in total.